The molecule has 2 heterocycles. The van der Waals surface area contributed by atoms with Gasteiger partial charge in [0, 0.05) is 18.1 Å². The molecule has 0 unspecified atom stereocenters. The molecular weight excluding hydrogens is 318 g/mol. The molecule has 0 saturated heterocycles. The predicted octanol–water partition coefficient (Wildman–Crippen LogP) is 3.02. The highest BCUT2D eigenvalue weighted by Gasteiger charge is 2.18. The lowest BCUT2D eigenvalue weighted by Crippen LogP contribution is -2.19. The minimum Gasteiger partial charge on any atom is -0.462 e. The number of thiophene rings is 1. The van der Waals surface area contributed by atoms with Crippen LogP contribution in [0.15, 0.2) is 20.8 Å². The Hall–Kier alpha value is -1.14. The van der Waals surface area contributed by atoms with Gasteiger partial charge >= 0.3 is 5.97 Å². The van der Waals surface area contributed by atoms with Crippen molar-refractivity contribution >= 4 is 43.5 Å². The maximum Gasteiger partial charge on any atom is 0.343 e. The van der Waals surface area contributed by atoms with Crippen LogP contribution in [0, 0.1) is 0 Å². The molecule has 4 nitrogen and oxygen atoms in total. The molecule has 0 atom stereocenters. The first kappa shape index (κ1) is 13.3. The predicted molar refractivity (Wildman–Crippen MR) is 75.4 cm³/mol. The molecule has 18 heavy (non-hydrogen) atoms. The fourth-order valence-corrected chi connectivity index (χ4v) is 3.49. The van der Waals surface area contributed by atoms with Gasteiger partial charge in [0.2, 0.25) is 5.43 Å². The smallest absolute Gasteiger partial charge is 0.343 e. The highest BCUT2D eigenvalue weighted by Crippen LogP contribution is 2.28. The first-order chi connectivity index (χ1) is 8.60. The quantitative estimate of drug-likeness (QED) is 0.813. The van der Waals surface area contributed by atoms with Gasteiger partial charge < -0.3 is 9.30 Å². The number of halogens is 1. The molecule has 2 rings (SSSR count). The number of esters is 1. The zero-order valence-corrected chi connectivity index (χ0v) is 12.4. The molecule has 0 aliphatic carbocycles. The van der Waals surface area contributed by atoms with E-state index >= 15 is 0 Å². The Bertz CT molecular complexity index is 659. The summed E-state index contributed by atoms with van der Waals surface area (Å²) in [6.07, 6.45) is 1.57. The van der Waals surface area contributed by atoms with E-state index in [2.05, 4.69) is 15.9 Å². The van der Waals surface area contributed by atoms with E-state index < -0.39 is 5.97 Å². The van der Waals surface area contributed by atoms with Crippen LogP contribution in [-0.4, -0.2) is 17.1 Å². The van der Waals surface area contributed by atoms with Gasteiger partial charge in [-0.05, 0) is 29.8 Å². The number of ether oxygens (including phenoxy) is 1. The van der Waals surface area contributed by atoms with E-state index in [1.54, 1.807) is 13.1 Å². The third kappa shape index (κ3) is 2.10. The molecule has 2 aromatic rings. The Balaban J connectivity index is 2.74. The summed E-state index contributed by atoms with van der Waals surface area (Å²) in [5, 5.41) is 1.85. The average Bonchev–Trinajstić information content (AvgIpc) is 2.73. The van der Waals surface area contributed by atoms with Crippen molar-refractivity contribution < 1.29 is 9.53 Å². The Morgan fingerprint density at radius 1 is 1.50 bits per heavy atom. The summed E-state index contributed by atoms with van der Waals surface area (Å²) in [7, 11) is 0. The van der Waals surface area contributed by atoms with Gasteiger partial charge in [0.1, 0.15) is 10.3 Å². The summed E-state index contributed by atoms with van der Waals surface area (Å²) in [6, 6.07) is 0. The standard InChI is InChI=1S/C12H12BrNO3S/c1-3-14-5-7(12(16)17-4-2)10(15)11-9(14)8(13)6-18-11/h5-6H,3-4H2,1-2H3. The van der Waals surface area contributed by atoms with Gasteiger partial charge in [-0.15, -0.1) is 11.3 Å². The number of aryl methyl sites for hydroxylation is 1. The number of carbonyl (C=O) groups excluding carboxylic acids is 1. The topological polar surface area (TPSA) is 48.3 Å². The molecule has 0 aliphatic rings. The first-order valence-electron chi connectivity index (χ1n) is 5.57. The van der Waals surface area contributed by atoms with Crippen LogP contribution >= 0.6 is 27.3 Å². The van der Waals surface area contributed by atoms with Crippen molar-refractivity contribution in [3.8, 4) is 0 Å². The zero-order chi connectivity index (χ0) is 13.3. The molecule has 0 spiro atoms. The second-order valence-corrected chi connectivity index (χ2v) is 5.37. The maximum absolute atomic E-state index is 12.2. The monoisotopic (exact) mass is 329 g/mol. The molecule has 0 bridgehead atoms. The van der Waals surface area contributed by atoms with E-state index in [0.717, 1.165) is 9.99 Å². The summed E-state index contributed by atoms with van der Waals surface area (Å²) < 4.78 is 8.23. The molecule has 0 amide bonds. The molecule has 6 heteroatoms. The lowest BCUT2D eigenvalue weighted by molar-refractivity contribution is 0.0524. The average molecular weight is 330 g/mol. The van der Waals surface area contributed by atoms with Crippen molar-refractivity contribution in [2.45, 2.75) is 20.4 Å². The van der Waals surface area contributed by atoms with Crippen LogP contribution in [0.3, 0.4) is 0 Å². The second kappa shape index (κ2) is 5.24. The van der Waals surface area contributed by atoms with Crippen molar-refractivity contribution in [2.24, 2.45) is 0 Å². The van der Waals surface area contributed by atoms with Gasteiger partial charge in [0.15, 0.2) is 0 Å². The van der Waals surface area contributed by atoms with E-state index in [-0.39, 0.29) is 17.6 Å². The number of hydrogen-bond acceptors (Lipinski definition) is 4. The van der Waals surface area contributed by atoms with Crippen LogP contribution in [0.5, 0.6) is 0 Å². The number of fused-ring (bicyclic) bond motifs is 1. The molecular formula is C12H12BrNO3S. The third-order valence-corrected chi connectivity index (χ3v) is 4.46. The van der Waals surface area contributed by atoms with Crippen LogP contribution in [0.2, 0.25) is 0 Å². The van der Waals surface area contributed by atoms with E-state index in [1.165, 1.54) is 11.3 Å². The van der Waals surface area contributed by atoms with Gasteiger partial charge in [-0.25, -0.2) is 4.79 Å². The Morgan fingerprint density at radius 2 is 2.22 bits per heavy atom. The molecule has 0 aromatic carbocycles. The van der Waals surface area contributed by atoms with Crippen molar-refractivity contribution in [3.63, 3.8) is 0 Å². The largest absolute Gasteiger partial charge is 0.462 e. The Labute approximate surface area is 116 Å². The van der Waals surface area contributed by atoms with Gasteiger partial charge in [0.05, 0.1) is 16.6 Å². The van der Waals surface area contributed by atoms with Gasteiger partial charge in [-0.1, -0.05) is 0 Å². The minimum absolute atomic E-state index is 0.0977. The van der Waals surface area contributed by atoms with Crippen LogP contribution in [0.1, 0.15) is 24.2 Å². The van der Waals surface area contributed by atoms with Crippen LogP contribution in [0.4, 0.5) is 0 Å². The van der Waals surface area contributed by atoms with Gasteiger partial charge in [-0.2, -0.15) is 0 Å². The fraction of sp³-hybridized carbons (Fsp3) is 0.333. The third-order valence-electron chi connectivity index (χ3n) is 2.58. The number of aromatic nitrogens is 1. The van der Waals surface area contributed by atoms with E-state index in [4.69, 9.17) is 4.74 Å². The Morgan fingerprint density at radius 3 is 2.83 bits per heavy atom. The van der Waals surface area contributed by atoms with Crippen LogP contribution in [0.25, 0.3) is 10.2 Å². The lowest BCUT2D eigenvalue weighted by Gasteiger charge is -2.08. The molecule has 0 aliphatic heterocycles. The van der Waals surface area contributed by atoms with Crippen molar-refractivity contribution in [3.05, 3.63) is 31.8 Å². The fourth-order valence-electron chi connectivity index (χ4n) is 1.76. The van der Waals surface area contributed by atoms with Crippen LogP contribution in [-0.2, 0) is 11.3 Å². The second-order valence-electron chi connectivity index (χ2n) is 3.64. The van der Waals surface area contributed by atoms with Gasteiger partial charge in [0.25, 0.3) is 0 Å². The number of carbonyl (C=O) groups is 1. The molecule has 96 valence electrons. The number of rotatable bonds is 3. The molecule has 0 radical (unpaired) electrons. The molecule has 0 fully saturated rings. The summed E-state index contributed by atoms with van der Waals surface area (Å²) in [4.78, 5) is 23.9. The Kier molecular flexibility index (Phi) is 3.87. The maximum atomic E-state index is 12.2. The number of nitrogens with zero attached hydrogens (tertiary/aromatic N) is 1. The van der Waals surface area contributed by atoms with Crippen molar-refractivity contribution in [2.75, 3.05) is 6.61 Å². The highest BCUT2D eigenvalue weighted by atomic mass is 79.9. The zero-order valence-electron chi connectivity index (χ0n) is 10.0. The van der Waals surface area contributed by atoms with Crippen molar-refractivity contribution in [1.29, 1.82) is 0 Å². The summed E-state index contributed by atoms with van der Waals surface area (Å²) in [6.45, 7) is 4.62. The van der Waals surface area contributed by atoms with Gasteiger partial charge in [-0.3, -0.25) is 4.79 Å². The lowest BCUT2D eigenvalue weighted by atomic mass is 10.2. The minimum atomic E-state index is -0.559. The SMILES string of the molecule is CCOC(=O)c1cn(CC)c2c(Br)csc2c1=O. The molecule has 0 N–H and O–H groups in total. The van der Waals surface area contributed by atoms with E-state index in [0.29, 0.717) is 11.2 Å². The summed E-state index contributed by atoms with van der Waals surface area (Å²) in [5.74, 6) is -0.559. The summed E-state index contributed by atoms with van der Waals surface area (Å²) >= 11 is 4.75. The van der Waals surface area contributed by atoms with E-state index in [9.17, 15) is 9.59 Å². The number of hydrogen-bond donors (Lipinski definition) is 0. The van der Waals surface area contributed by atoms with E-state index in [1.807, 2.05) is 16.9 Å². The summed E-state index contributed by atoms with van der Waals surface area (Å²) in [5.41, 5.74) is 0.671. The first-order valence-corrected chi connectivity index (χ1v) is 7.24. The van der Waals surface area contributed by atoms with Crippen LogP contribution < -0.4 is 5.43 Å². The normalized spacial score (nSPS) is 10.8. The highest BCUT2D eigenvalue weighted by molar-refractivity contribution is 9.10. The molecule has 0 saturated carbocycles. The number of pyridine rings is 1. The molecule has 2 aromatic heterocycles. The van der Waals surface area contributed by atoms with Crippen molar-refractivity contribution in [1.82, 2.24) is 4.57 Å².